The van der Waals surface area contributed by atoms with Crippen molar-refractivity contribution < 1.29 is 22.8 Å². The molecule has 14 heteroatoms. The fourth-order valence-corrected chi connectivity index (χ4v) is 4.34. The van der Waals surface area contributed by atoms with Gasteiger partial charge in [-0.25, -0.2) is 19.3 Å². The first kappa shape index (κ1) is 27.6. The molecule has 41 heavy (non-hydrogen) atoms. The van der Waals surface area contributed by atoms with Crippen LogP contribution in [-0.4, -0.2) is 42.6 Å². The molecular weight excluding hydrogens is 561 g/mol. The number of carbonyl (C=O) groups is 2. The first-order valence-corrected chi connectivity index (χ1v) is 12.7. The lowest BCUT2D eigenvalue weighted by atomic mass is 10.1. The molecule has 5 aromatic rings. The number of rotatable bonds is 8. The van der Waals surface area contributed by atoms with Crippen LogP contribution < -0.4 is 16.0 Å². The van der Waals surface area contributed by atoms with Gasteiger partial charge < -0.3 is 20.5 Å². The zero-order valence-corrected chi connectivity index (χ0v) is 21.9. The van der Waals surface area contributed by atoms with Crippen LogP contribution in [0.1, 0.15) is 22.3 Å². The second-order valence-electron chi connectivity index (χ2n) is 8.89. The molecule has 2 aromatic carbocycles. The minimum absolute atomic E-state index is 0.0738. The Balaban J connectivity index is 1.28. The second-order valence-corrected chi connectivity index (χ2v) is 9.29. The summed E-state index contributed by atoms with van der Waals surface area (Å²) in [5.74, 6) is -0.307. The van der Waals surface area contributed by atoms with Crippen LogP contribution in [-0.2, 0) is 12.7 Å². The van der Waals surface area contributed by atoms with Crippen molar-refractivity contribution in [3.63, 3.8) is 0 Å². The third-order valence-electron chi connectivity index (χ3n) is 6.03. The third-order valence-corrected chi connectivity index (χ3v) is 6.36. The zero-order chi connectivity index (χ0) is 29.0. The number of carbonyl (C=O) groups excluding carboxylic acids is 2. The molecule has 0 spiro atoms. The lowest BCUT2D eigenvalue weighted by Gasteiger charge is -2.13. The predicted octanol–water partition coefficient (Wildman–Crippen LogP) is 5.73. The standard InChI is InChI=1S/C27H22ClF3N8O2/c28-22-6-5-19(14-21(22)27(29,30)31)37-26(41)36-18-4-1-3-17(13-18)23-7-9-33-24-20(15-35-39(23)24)25(40)34-8-2-11-38-12-10-32-16-38/h1,3-7,9-10,12-16H,2,8,11H2,(H,34,40)(H2,36,37,41). The number of halogens is 4. The van der Waals surface area contributed by atoms with E-state index in [2.05, 4.69) is 31.0 Å². The van der Waals surface area contributed by atoms with Gasteiger partial charge in [0.1, 0.15) is 5.56 Å². The van der Waals surface area contributed by atoms with E-state index in [4.69, 9.17) is 11.6 Å². The summed E-state index contributed by atoms with van der Waals surface area (Å²) < 4.78 is 42.9. The van der Waals surface area contributed by atoms with Gasteiger partial charge in [-0.3, -0.25) is 4.79 Å². The number of hydrogen-bond donors (Lipinski definition) is 3. The highest BCUT2D eigenvalue weighted by Crippen LogP contribution is 2.36. The maximum atomic E-state index is 13.1. The summed E-state index contributed by atoms with van der Waals surface area (Å²) in [5, 5.41) is 11.7. The molecule has 10 nitrogen and oxygen atoms in total. The van der Waals surface area contributed by atoms with E-state index >= 15 is 0 Å². The van der Waals surface area contributed by atoms with Gasteiger partial charge in [0.15, 0.2) is 5.65 Å². The lowest BCUT2D eigenvalue weighted by Crippen LogP contribution is -2.25. The first-order chi connectivity index (χ1) is 19.7. The van der Waals surface area contributed by atoms with E-state index in [-0.39, 0.29) is 11.6 Å². The van der Waals surface area contributed by atoms with Crippen LogP contribution >= 0.6 is 11.6 Å². The smallest absolute Gasteiger partial charge is 0.352 e. The molecule has 0 unspecified atom stereocenters. The Hall–Kier alpha value is -4.91. The van der Waals surface area contributed by atoms with Gasteiger partial charge in [0, 0.05) is 48.6 Å². The number of amides is 3. The van der Waals surface area contributed by atoms with Crippen LogP contribution in [0.25, 0.3) is 16.9 Å². The number of anilines is 2. The van der Waals surface area contributed by atoms with Crippen molar-refractivity contribution in [3.05, 3.63) is 95.8 Å². The number of alkyl halides is 3. The molecule has 3 N–H and O–H groups in total. The Morgan fingerprint density at radius 1 is 1.00 bits per heavy atom. The summed E-state index contributed by atoms with van der Waals surface area (Å²) in [4.78, 5) is 33.6. The average molecular weight is 583 g/mol. The quantitative estimate of drug-likeness (QED) is 0.202. The lowest BCUT2D eigenvalue weighted by molar-refractivity contribution is -0.137. The molecule has 0 saturated carbocycles. The average Bonchev–Trinajstić information content (AvgIpc) is 3.62. The van der Waals surface area contributed by atoms with Gasteiger partial charge in [0.2, 0.25) is 0 Å². The molecule has 0 atom stereocenters. The Bertz CT molecular complexity index is 1700. The summed E-state index contributed by atoms with van der Waals surface area (Å²) in [6.07, 6.45) is 4.29. The summed E-state index contributed by atoms with van der Waals surface area (Å²) >= 11 is 5.64. The van der Waals surface area contributed by atoms with Gasteiger partial charge in [-0.1, -0.05) is 23.7 Å². The molecule has 3 amide bonds. The Labute approximate surface area is 236 Å². The largest absolute Gasteiger partial charge is 0.417 e. The summed E-state index contributed by atoms with van der Waals surface area (Å²) in [7, 11) is 0. The van der Waals surface area contributed by atoms with Crippen LogP contribution in [0.4, 0.5) is 29.3 Å². The van der Waals surface area contributed by atoms with E-state index < -0.39 is 22.8 Å². The molecular formula is C27H22ClF3N8O2. The van der Waals surface area contributed by atoms with Crippen molar-refractivity contribution in [1.82, 2.24) is 29.5 Å². The number of urea groups is 1. The number of benzene rings is 2. The van der Waals surface area contributed by atoms with E-state index in [0.717, 1.165) is 18.6 Å². The minimum atomic E-state index is -4.66. The highest BCUT2D eigenvalue weighted by Gasteiger charge is 2.33. The molecule has 0 aliphatic rings. The van der Waals surface area contributed by atoms with Gasteiger partial charge in [-0.15, -0.1) is 0 Å². The summed E-state index contributed by atoms with van der Waals surface area (Å²) in [6.45, 7) is 1.17. The fraction of sp³-hybridized carbons (Fsp3) is 0.148. The Morgan fingerprint density at radius 2 is 1.80 bits per heavy atom. The van der Waals surface area contributed by atoms with Crippen molar-refractivity contribution >= 4 is 40.6 Å². The molecule has 210 valence electrons. The van der Waals surface area contributed by atoms with Crippen LogP contribution in [0.15, 0.2) is 79.6 Å². The second kappa shape index (κ2) is 11.7. The first-order valence-electron chi connectivity index (χ1n) is 12.3. The summed E-state index contributed by atoms with van der Waals surface area (Å²) in [5.41, 5.74) is 1.16. The molecule has 0 aliphatic carbocycles. The maximum Gasteiger partial charge on any atom is 0.417 e. The number of aryl methyl sites for hydroxylation is 1. The van der Waals surface area contributed by atoms with Gasteiger partial charge >= 0.3 is 12.2 Å². The monoisotopic (exact) mass is 582 g/mol. The molecule has 0 bridgehead atoms. The van der Waals surface area contributed by atoms with Gasteiger partial charge in [-0.2, -0.15) is 18.3 Å². The van der Waals surface area contributed by atoms with Gasteiger partial charge in [-0.05, 0) is 42.8 Å². The number of fused-ring (bicyclic) bond motifs is 1. The predicted molar refractivity (Wildman–Crippen MR) is 147 cm³/mol. The zero-order valence-electron chi connectivity index (χ0n) is 21.2. The molecule has 0 aliphatic heterocycles. The molecule has 3 aromatic heterocycles. The minimum Gasteiger partial charge on any atom is -0.352 e. The maximum absolute atomic E-state index is 13.1. The topological polar surface area (TPSA) is 118 Å². The summed E-state index contributed by atoms with van der Waals surface area (Å²) in [6, 6.07) is 10.8. The van der Waals surface area contributed by atoms with Crippen LogP contribution in [0.2, 0.25) is 5.02 Å². The number of imidazole rings is 1. The highest BCUT2D eigenvalue weighted by atomic mass is 35.5. The molecule has 5 rings (SSSR count). The van der Waals surface area contributed by atoms with Crippen molar-refractivity contribution in [2.75, 3.05) is 17.2 Å². The third kappa shape index (κ3) is 6.47. The SMILES string of the molecule is O=C(Nc1cccc(-c2ccnc3c(C(=O)NCCCn4ccnc4)cnn23)c1)Nc1ccc(Cl)c(C(F)(F)F)c1. The van der Waals surface area contributed by atoms with E-state index in [1.807, 2.05) is 10.8 Å². The number of nitrogens with one attached hydrogen (secondary N) is 3. The number of aromatic nitrogens is 5. The van der Waals surface area contributed by atoms with E-state index in [1.165, 1.54) is 16.8 Å². The molecule has 0 fully saturated rings. The molecule has 0 radical (unpaired) electrons. The van der Waals surface area contributed by atoms with E-state index in [9.17, 15) is 22.8 Å². The highest BCUT2D eigenvalue weighted by molar-refractivity contribution is 6.31. The van der Waals surface area contributed by atoms with Crippen molar-refractivity contribution in [1.29, 1.82) is 0 Å². The number of nitrogens with zero attached hydrogens (tertiary/aromatic N) is 5. The molecule has 3 heterocycles. The van der Waals surface area contributed by atoms with Crippen molar-refractivity contribution in [2.45, 2.75) is 19.1 Å². The van der Waals surface area contributed by atoms with Crippen LogP contribution in [0.5, 0.6) is 0 Å². The number of hydrogen-bond acceptors (Lipinski definition) is 5. The Kier molecular flexibility index (Phi) is 7.88. The van der Waals surface area contributed by atoms with Gasteiger partial charge in [0.25, 0.3) is 5.91 Å². The van der Waals surface area contributed by atoms with Crippen LogP contribution in [0, 0.1) is 0 Å². The van der Waals surface area contributed by atoms with Crippen molar-refractivity contribution in [2.24, 2.45) is 0 Å². The fourth-order valence-electron chi connectivity index (χ4n) is 4.12. The normalized spacial score (nSPS) is 11.4. The molecule has 0 saturated heterocycles. The van der Waals surface area contributed by atoms with Crippen LogP contribution in [0.3, 0.4) is 0 Å². The van der Waals surface area contributed by atoms with E-state index in [1.54, 1.807) is 49.1 Å². The van der Waals surface area contributed by atoms with Gasteiger partial charge in [0.05, 0.1) is 28.8 Å². The Morgan fingerprint density at radius 3 is 2.56 bits per heavy atom. The van der Waals surface area contributed by atoms with Crippen molar-refractivity contribution in [3.8, 4) is 11.3 Å². The van der Waals surface area contributed by atoms with E-state index in [0.29, 0.717) is 41.2 Å².